The zero-order chi connectivity index (χ0) is 21.0. The molecule has 3 aromatic rings. The van der Waals surface area contributed by atoms with Crippen molar-refractivity contribution in [3.63, 3.8) is 0 Å². The Hall–Kier alpha value is -2.82. The second-order valence-electron chi connectivity index (χ2n) is 8.39. The summed E-state index contributed by atoms with van der Waals surface area (Å²) in [5.41, 5.74) is 3.91. The molecule has 0 fully saturated rings. The molecule has 5 nitrogen and oxygen atoms in total. The normalized spacial score (nSPS) is 11.4. The molecule has 0 radical (unpaired) electrons. The van der Waals surface area contributed by atoms with E-state index in [4.69, 9.17) is 4.74 Å². The summed E-state index contributed by atoms with van der Waals surface area (Å²) < 4.78 is 6.93. The van der Waals surface area contributed by atoms with Gasteiger partial charge in [0.1, 0.15) is 5.65 Å². The third-order valence-electron chi connectivity index (χ3n) is 4.88. The fraction of sp³-hybridized carbons (Fsp3) is 0.417. The molecule has 0 atom stereocenters. The molecule has 3 rings (SSSR count). The van der Waals surface area contributed by atoms with Crippen LogP contribution < -0.4 is 4.90 Å². The summed E-state index contributed by atoms with van der Waals surface area (Å²) in [4.78, 5) is 18.8. The molecule has 5 heteroatoms. The van der Waals surface area contributed by atoms with Crippen molar-refractivity contribution < 1.29 is 9.53 Å². The average Bonchev–Trinajstić information content (AvgIpc) is 3.09. The minimum atomic E-state index is -0.315. The molecule has 0 aliphatic carbocycles. The molecule has 1 aromatic carbocycles. The number of aromatic nitrogens is 2. The second-order valence-corrected chi connectivity index (χ2v) is 8.39. The quantitative estimate of drug-likeness (QED) is 0.506. The second kappa shape index (κ2) is 9.12. The molecule has 0 spiro atoms. The number of pyridine rings is 1. The van der Waals surface area contributed by atoms with Crippen LogP contribution in [-0.4, -0.2) is 35.7 Å². The van der Waals surface area contributed by atoms with Gasteiger partial charge in [-0.25, -0.2) is 9.78 Å². The molecule has 0 amide bonds. The number of methoxy groups -OCH3 is 1. The molecule has 2 heterocycles. The molecule has 0 aliphatic rings. The Morgan fingerprint density at radius 1 is 1.03 bits per heavy atom. The minimum Gasteiger partial charge on any atom is -0.465 e. The number of esters is 1. The van der Waals surface area contributed by atoms with E-state index in [9.17, 15) is 4.79 Å². The number of ether oxygens (including phenoxy) is 1. The average molecular weight is 394 g/mol. The van der Waals surface area contributed by atoms with Gasteiger partial charge in [0.15, 0.2) is 0 Å². The molecule has 29 heavy (non-hydrogen) atoms. The van der Waals surface area contributed by atoms with Crippen molar-refractivity contribution in [2.75, 3.05) is 25.1 Å². The van der Waals surface area contributed by atoms with Crippen molar-refractivity contribution in [2.24, 2.45) is 11.8 Å². The molecule has 0 unspecified atom stereocenters. The zero-order valence-electron chi connectivity index (χ0n) is 18.1. The van der Waals surface area contributed by atoms with Gasteiger partial charge in [0, 0.05) is 43.1 Å². The topological polar surface area (TPSA) is 47.4 Å². The van der Waals surface area contributed by atoms with Crippen LogP contribution in [0.1, 0.15) is 43.6 Å². The van der Waals surface area contributed by atoms with E-state index in [0.717, 1.165) is 24.3 Å². The number of hydrogen-bond donors (Lipinski definition) is 0. The summed E-state index contributed by atoms with van der Waals surface area (Å²) in [6.45, 7) is 11.8. The van der Waals surface area contributed by atoms with Gasteiger partial charge in [-0.05, 0) is 41.7 Å². The molecule has 154 valence electrons. The summed E-state index contributed by atoms with van der Waals surface area (Å²) in [6.07, 6.45) is 4.00. The summed E-state index contributed by atoms with van der Waals surface area (Å²) in [5, 5.41) is 1.18. The minimum absolute atomic E-state index is 0.315. The first-order valence-electron chi connectivity index (χ1n) is 10.2. The van der Waals surface area contributed by atoms with E-state index < -0.39 is 0 Å². The van der Waals surface area contributed by atoms with Crippen molar-refractivity contribution in [1.29, 1.82) is 0 Å². The molecular formula is C24H31N3O2. The number of anilines is 1. The van der Waals surface area contributed by atoms with Crippen molar-refractivity contribution in [3.8, 4) is 0 Å². The lowest BCUT2D eigenvalue weighted by molar-refractivity contribution is 0.0600. The van der Waals surface area contributed by atoms with Gasteiger partial charge in [-0.3, -0.25) is 0 Å². The van der Waals surface area contributed by atoms with Crippen LogP contribution in [0.25, 0.3) is 11.0 Å². The SMILES string of the molecule is COC(=O)c1ccc(Cn2ccc3c(N(CC(C)C)CC(C)C)ccnc32)cc1. The lowest BCUT2D eigenvalue weighted by atomic mass is 10.1. The Morgan fingerprint density at radius 3 is 2.28 bits per heavy atom. The summed E-state index contributed by atoms with van der Waals surface area (Å²) >= 11 is 0. The van der Waals surface area contributed by atoms with Crippen molar-refractivity contribution in [1.82, 2.24) is 9.55 Å². The third kappa shape index (κ3) is 4.97. The van der Waals surface area contributed by atoms with Gasteiger partial charge in [-0.2, -0.15) is 0 Å². The molecular weight excluding hydrogens is 362 g/mol. The standard InChI is InChI=1S/C24H31N3O2/c1-17(2)14-27(15-18(3)4)22-10-12-25-23-21(22)11-13-26(23)16-19-6-8-20(9-7-19)24(28)29-5/h6-13,17-18H,14-16H2,1-5H3. The maximum Gasteiger partial charge on any atom is 0.337 e. The van der Waals surface area contributed by atoms with Crippen LogP contribution in [0.5, 0.6) is 0 Å². The van der Waals surface area contributed by atoms with Gasteiger partial charge in [-0.1, -0.05) is 39.8 Å². The van der Waals surface area contributed by atoms with Crippen molar-refractivity contribution >= 4 is 22.7 Å². The van der Waals surface area contributed by atoms with Crippen molar-refractivity contribution in [2.45, 2.75) is 34.2 Å². The lowest BCUT2D eigenvalue weighted by Crippen LogP contribution is -2.31. The highest BCUT2D eigenvalue weighted by Gasteiger charge is 2.16. The molecule has 0 N–H and O–H groups in total. The Bertz CT molecular complexity index is 948. The van der Waals surface area contributed by atoms with Gasteiger partial charge >= 0.3 is 5.97 Å². The maximum absolute atomic E-state index is 11.6. The van der Waals surface area contributed by atoms with Crippen LogP contribution in [0.15, 0.2) is 48.8 Å². The van der Waals surface area contributed by atoms with Crippen LogP contribution >= 0.6 is 0 Å². The number of carbonyl (C=O) groups excluding carboxylic acids is 1. The molecule has 2 aromatic heterocycles. The molecule has 0 bridgehead atoms. The number of nitrogens with zero attached hydrogens (tertiary/aromatic N) is 3. The van der Waals surface area contributed by atoms with Gasteiger partial charge in [0.2, 0.25) is 0 Å². The van der Waals surface area contributed by atoms with Gasteiger partial charge in [-0.15, -0.1) is 0 Å². The highest BCUT2D eigenvalue weighted by atomic mass is 16.5. The fourth-order valence-corrected chi connectivity index (χ4v) is 3.69. The van der Waals surface area contributed by atoms with E-state index in [1.54, 1.807) is 12.1 Å². The highest BCUT2D eigenvalue weighted by molar-refractivity contribution is 5.90. The van der Waals surface area contributed by atoms with E-state index in [-0.39, 0.29) is 5.97 Å². The Morgan fingerprint density at radius 2 is 1.69 bits per heavy atom. The number of hydrogen-bond acceptors (Lipinski definition) is 4. The highest BCUT2D eigenvalue weighted by Crippen LogP contribution is 2.28. The first-order chi connectivity index (χ1) is 13.9. The number of rotatable bonds is 8. The lowest BCUT2D eigenvalue weighted by Gasteiger charge is -2.29. The molecule has 0 saturated carbocycles. The summed E-state index contributed by atoms with van der Waals surface area (Å²) in [6, 6.07) is 11.8. The van der Waals surface area contributed by atoms with Crippen molar-refractivity contribution in [3.05, 3.63) is 59.9 Å². The summed E-state index contributed by atoms with van der Waals surface area (Å²) in [5.74, 6) is 0.865. The monoisotopic (exact) mass is 393 g/mol. The first-order valence-corrected chi connectivity index (χ1v) is 10.2. The third-order valence-corrected chi connectivity index (χ3v) is 4.88. The molecule has 0 saturated heterocycles. The zero-order valence-corrected chi connectivity index (χ0v) is 18.1. The number of carbonyl (C=O) groups is 1. The van der Waals surface area contributed by atoms with E-state index in [1.165, 1.54) is 18.2 Å². The smallest absolute Gasteiger partial charge is 0.337 e. The predicted octanol–water partition coefficient (Wildman–Crippen LogP) is 4.99. The van der Waals surface area contributed by atoms with Crippen LogP contribution in [0, 0.1) is 11.8 Å². The summed E-state index contributed by atoms with van der Waals surface area (Å²) in [7, 11) is 1.40. The Labute approximate surface area is 173 Å². The van der Waals surface area contributed by atoms with Crippen LogP contribution in [-0.2, 0) is 11.3 Å². The maximum atomic E-state index is 11.6. The molecule has 0 aliphatic heterocycles. The van der Waals surface area contributed by atoms with Gasteiger partial charge < -0.3 is 14.2 Å². The van der Waals surface area contributed by atoms with Crippen LogP contribution in [0.3, 0.4) is 0 Å². The number of fused-ring (bicyclic) bond motifs is 1. The predicted molar refractivity (Wildman–Crippen MR) is 119 cm³/mol. The Balaban J connectivity index is 1.89. The Kier molecular flexibility index (Phi) is 6.57. The van der Waals surface area contributed by atoms with Crippen LogP contribution in [0.2, 0.25) is 0 Å². The first kappa shape index (κ1) is 20.9. The van der Waals surface area contributed by atoms with Crippen LogP contribution in [0.4, 0.5) is 5.69 Å². The fourth-order valence-electron chi connectivity index (χ4n) is 3.69. The largest absolute Gasteiger partial charge is 0.465 e. The van der Waals surface area contributed by atoms with Gasteiger partial charge in [0.05, 0.1) is 12.7 Å². The van der Waals surface area contributed by atoms with E-state index in [2.05, 4.69) is 60.5 Å². The van der Waals surface area contributed by atoms with E-state index >= 15 is 0 Å². The van der Waals surface area contributed by atoms with E-state index in [0.29, 0.717) is 23.9 Å². The number of benzene rings is 1. The van der Waals surface area contributed by atoms with Gasteiger partial charge in [0.25, 0.3) is 0 Å². The van der Waals surface area contributed by atoms with E-state index in [1.807, 2.05) is 18.3 Å².